The number of aromatic carboxylic acids is 2. The third kappa shape index (κ3) is 13.0. The molecule has 0 saturated carbocycles. The average molecular weight is 958 g/mol. The summed E-state index contributed by atoms with van der Waals surface area (Å²) in [5.74, 6) is -1.60. The van der Waals surface area contributed by atoms with E-state index in [1.165, 1.54) is 18.2 Å². The molecule has 0 radical (unpaired) electrons. The van der Waals surface area contributed by atoms with E-state index in [2.05, 4.69) is 23.3 Å². The van der Waals surface area contributed by atoms with Crippen LogP contribution in [-0.2, 0) is 45.7 Å². The highest BCUT2D eigenvalue weighted by Crippen LogP contribution is 2.37. The first-order valence-electron chi connectivity index (χ1n) is 21.2. The van der Waals surface area contributed by atoms with E-state index in [0.717, 1.165) is 33.4 Å². The maximum atomic E-state index is 13.9. The molecule has 6 aromatic carbocycles. The quantitative estimate of drug-likeness (QED) is 0.0701. The Morgan fingerprint density at radius 2 is 0.892 bits per heavy atom. The van der Waals surface area contributed by atoms with Gasteiger partial charge in [0.1, 0.15) is 4.90 Å². The van der Waals surface area contributed by atoms with Gasteiger partial charge in [-0.1, -0.05) is 150 Å². The van der Waals surface area contributed by atoms with Crippen molar-refractivity contribution >= 4 is 66.6 Å². The Morgan fingerprint density at radius 3 is 1.31 bits per heavy atom. The molecule has 65 heavy (non-hydrogen) atoms. The zero-order valence-electron chi connectivity index (χ0n) is 37.1. The molecule has 14 heteroatoms. The molecule has 0 aliphatic carbocycles. The first-order valence-corrected chi connectivity index (χ1v) is 24.9. The van der Waals surface area contributed by atoms with Crippen molar-refractivity contribution < 1.29 is 36.6 Å². The lowest BCUT2D eigenvalue weighted by molar-refractivity contribution is 0.0684. The van der Waals surface area contributed by atoms with E-state index in [4.69, 9.17) is 23.2 Å². The van der Waals surface area contributed by atoms with Crippen molar-refractivity contribution in [2.45, 2.75) is 94.8 Å². The van der Waals surface area contributed by atoms with Crippen molar-refractivity contribution in [1.29, 1.82) is 0 Å². The van der Waals surface area contributed by atoms with Crippen LogP contribution in [0.2, 0.25) is 10.0 Å². The van der Waals surface area contributed by atoms with Crippen molar-refractivity contribution in [3.8, 4) is 0 Å². The van der Waals surface area contributed by atoms with Crippen LogP contribution in [0.3, 0.4) is 0 Å². The van der Waals surface area contributed by atoms with Gasteiger partial charge in [-0.25, -0.2) is 26.4 Å². The van der Waals surface area contributed by atoms with Gasteiger partial charge >= 0.3 is 11.9 Å². The summed E-state index contributed by atoms with van der Waals surface area (Å²) in [5.41, 5.74) is 7.15. The second-order valence-electron chi connectivity index (χ2n) is 16.5. The third-order valence-corrected chi connectivity index (χ3v) is 14.5. The molecule has 0 bridgehead atoms. The van der Waals surface area contributed by atoms with Crippen molar-refractivity contribution in [2.75, 3.05) is 9.44 Å². The molecule has 0 spiro atoms. The van der Waals surface area contributed by atoms with Crippen LogP contribution in [-0.4, -0.2) is 39.0 Å². The topological polar surface area (TPSA) is 167 Å². The summed E-state index contributed by atoms with van der Waals surface area (Å²) in [7, 11) is -7.83. The molecule has 0 aliphatic heterocycles. The fraction of sp³-hybridized carbons (Fsp3) is 0.255. The van der Waals surface area contributed by atoms with Crippen LogP contribution >= 0.6 is 23.2 Å². The minimum absolute atomic E-state index is 0.0375. The summed E-state index contributed by atoms with van der Waals surface area (Å²) < 4.78 is 58.9. The number of aryl methyl sites for hydroxylation is 4. The highest BCUT2D eigenvalue weighted by Gasteiger charge is 2.28. The molecule has 0 aromatic heterocycles. The minimum Gasteiger partial charge on any atom is -0.478 e. The molecule has 6 rings (SSSR count). The number of carbonyl (C=O) groups is 2. The van der Waals surface area contributed by atoms with Gasteiger partial charge in [0.25, 0.3) is 20.0 Å². The first kappa shape index (κ1) is 50.3. The maximum Gasteiger partial charge on any atom is 0.335 e. The Kier molecular flexibility index (Phi) is 17.1. The van der Waals surface area contributed by atoms with Gasteiger partial charge in [0, 0.05) is 5.02 Å². The van der Waals surface area contributed by atoms with Gasteiger partial charge in [0.05, 0.1) is 32.4 Å². The fourth-order valence-electron chi connectivity index (χ4n) is 7.39. The van der Waals surface area contributed by atoms with E-state index in [1.54, 1.807) is 78.9 Å². The summed E-state index contributed by atoms with van der Waals surface area (Å²) in [6.07, 6.45) is 1.88. The highest BCUT2D eigenvalue weighted by molar-refractivity contribution is 7.93. The number of carboxylic acid groups (broad SMARTS) is 2. The van der Waals surface area contributed by atoms with Gasteiger partial charge in [0.2, 0.25) is 0 Å². The fourth-order valence-corrected chi connectivity index (χ4v) is 11.1. The van der Waals surface area contributed by atoms with Crippen LogP contribution < -0.4 is 9.44 Å². The number of rotatable bonds is 17. The number of sulfonamides is 2. The number of para-hydroxylation sites is 2. The van der Waals surface area contributed by atoms with Gasteiger partial charge in [-0.2, -0.15) is 0 Å². The lowest BCUT2D eigenvalue weighted by Crippen LogP contribution is -2.20. The van der Waals surface area contributed by atoms with Crippen molar-refractivity contribution in [2.24, 2.45) is 0 Å². The summed E-state index contributed by atoms with van der Waals surface area (Å²) in [6.45, 7) is 12.3. The number of nitrogens with one attached hydrogen (secondary N) is 2. The van der Waals surface area contributed by atoms with Gasteiger partial charge in [-0.3, -0.25) is 9.44 Å². The summed E-state index contributed by atoms with van der Waals surface area (Å²) in [5, 5.41) is 19.2. The standard InChI is InChI=1S/C30H37NO4S.C21H17Cl2NO4S/c1-19(2)24-17-26(20(3)4)29(27(18-24)21(5)6)36(34,35)31-28-14-10-8-12-23(28)16-15-22-11-7-9-13-25(22)30(32)33;22-16-11-12-18(23)20(13-16)29(27,28)24-19-8-4-2-6-15(19)10-9-14-5-1-3-7-17(14)21(25)26/h7-14,17-21,31H,15-16H2,1-6H3,(H,32,33);1-8,11-13,24H,9-10H2,(H,25,26). The molecule has 342 valence electrons. The van der Waals surface area contributed by atoms with Crippen molar-refractivity contribution in [3.63, 3.8) is 0 Å². The Hall–Kier alpha value is -5.66. The second-order valence-corrected chi connectivity index (χ2v) is 20.6. The second kappa shape index (κ2) is 22.0. The van der Waals surface area contributed by atoms with E-state index in [-0.39, 0.29) is 37.9 Å². The number of anilines is 2. The Bertz CT molecular complexity index is 2870. The van der Waals surface area contributed by atoms with Crippen LogP contribution in [0.1, 0.15) is 119 Å². The summed E-state index contributed by atoms with van der Waals surface area (Å²) in [4.78, 5) is 23.2. The smallest absolute Gasteiger partial charge is 0.335 e. The van der Waals surface area contributed by atoms with Gasteiger partial charge in [-0.15, -0.1) is 0 Å². The van der Waals surface area contributed by atoms with Crippen LogP contribution in [0, 0.1) is 0 Å². The Balaban J connectivity index is 0.000000250. The predicted octanol–water partition coefficient (Wildman–Crippen LogP) is 12.6. The molecule has 6 aromatic rings. The minimum atomic E-state index is -3.95. The molecule has 0 atom stereocenters. The molecule has 10 nitrogen and oxygen atoms in total. The summed E-state index contributed by atoms with van der Waals surface area (Å²) >= 11 is 12.0. The van der Waals surface area contributed by atoms with E-state index in [9.17, 15) is 36.6 Å². The predicted molar refractivity (Wildman–Crippen MR) is 261 cm³/mol. The van der Waals surface area contributed by atoms with Crippen molar-refractivity contribution in [3.05, 3.63) is 188 Å². The number of hydrogen-bond donors (Lipinski definition) is 4. The summed E-state index contributed by atoms with van der Waals surface area (Å²) in [6, 6.07) is 36.2. The largest absolute Gasteiger partial charge is 0.478 e. The normalized spacial score (nSPS) is 11.6. The lowest BCUT2D eigenvalue weighted by Gasteiger charge is -2.23. The molecular formula is C51H54Cl2N2O8S2. The van der Waals surface area contributed by atoms with Gasteiger partial charge < -0.3 is 10.2 Å². The molecule has 0 aliphatic rings. The lowest BCUT2D eigenvalue weighted by atomic mass is 9.89. The zero-order valence-corrected chi connectivity index (χ0v) is 40.2. The van der Waals surface area contributed by atoms with E-state index < -0.39 is 32.0 Å². The van der Waals surface area contributed by atoms with Crippen LogP contribution in [0.5, 0.6) is 0 Å². The molecule has 0 amide bonds. The molecule has 0 fully saturated rings. The van der Waals surface area contributed by atoms with Gasteiger partial charge in [-0.05, 0) is 125 Å². The van der Waals surface area contributed by atoms with E-state index in [1.807, 2.05) is 58.0 Å². The molecular weight excluding hydrogens is 904 g/mol. The van der Waals surface area contributed by atoms with Crippen LogP contribution in [0.15, 0.2) is 137 Å². The van der Waals surface area contributed by atoms with Gasteiger partial charge in [0.15, 0.2) is 0 Å². The SMILES string of the molecule is CC(C)c1cc(C(C)C)c(S(=O)(=O)Nc2ccccc2CCc2ccccc2C(=O)O)c(C(C)C)c1.O=C(O)c1ccccc1CCc1ccccc1NS(=O)(=O)c1cc(Cl)ccc1Cl. The average Bonchev–Trinajstić information content (AvgIpc) is 3.26. The van der Waals surface area contributed by atoms with E-state index >= 15 is 0 Å². The van der Waals surface area contributed by atoms with Crippen LogP contribution in [0.4, 0.5) is 11.4 Å². The molecule has 4 N–H and O–H groups in total. The van der Waals surface area contributed by atoms with Crippen molar-refractivity contribution in [1.82, 2.24) is 0 Å². The first-order chi connectivity index (χ1) is 30.7. The number of hydrogen-bond acceptors (Lipinski definition) is 6. The highest BCUT2D eigenvalue weighted by atomic mass is 35.5. The zero-order chi connectivity index (χ0) is 47.6. The number of benzene rings is 6. The molecule has 0 heterocycles. The van der Waals surface area contributed by atoms with Crippen LogP contribution in [0.25, 0.3) is 0 Å². The Labute approximate surface area is 392 Å². The number of halogens is 2. The maximum absolute atomic E-state index is 13.9. The van der Waals surface area contributed by atoms with E-state index in [0.29, 0.717) is 53.4 Å². The molecule has 0 unspecified atom stereocenters. The molecule has 0 saturated heterocycles. The monoisotopic (exact) mass is 956 g/mol. The third-order valence-electron chi connectivity index (χ3n) is 10.9. The number of carboxylic acids is 2. The Morgan fingerprint density at radius 1 is 0.508 bits per heavy atom.